The largest absolute Gasteiger partial charge is 0.491 e. The van der Waals surface area contributed by atoms with Crippen molar-refractivity contribution in [2.24, 2.45) is 0 Å². The molecule has 3 aromatic carbocycles. The van der Waals surface area contributed by atoms with Crippen molar-refractivity contribution in [2.75, 3.05) is 33.8 Å². The lowest BCUT2D eigenvalue weighted by Gasteiger charge is -2.28. The summed E-state index contributed by atoms with van der Waals surface area (Å²) in [4.78, 5) is 71.3. The number of benzene rings is 3. The smallest absolute Gasteiger partial charge is 0.258 e. The standard InChI is InChI=1S/C38H46FN5O6/c1-4-5-6-11-34(45)41-29-20-30-24-50-33-16-14-28(39)19-31(33)38(49)43(3)32(15-17-35(46)42(2)23-36(47)44(30)22-29)37(48)40-21-25-12-13-26-9-7-8-10-27(26)18-25/h7-10,12-14,16,18-19,29-30,32H,4-6,11,15,17,20-24H2,1-3H3,(H,40,48)(H,41,45)/t29-,30-,32-/m0/s1. The fourth-order valence-corrected chi connectivity index (χ4v) is 6.62. The quantitative estimate of drug-likeness (QED) is 0.345. The fourth-order valence-electron chi connectivity index (χ4n) is 6.62. The normalized spacial score (nSPS) is 20.4. The number of ether oxygens (including phenoxy) is 1. The number of rotatable bonds is 8. The summed E-state index contributed by atoms with van der Waals surface area (Å²) in [6.45, 7) is 2.26. The Kier molecular flexibility index (Phi) is 12.0. The van der Waals surface area contributed by atoms with Gasteiger partial charge >= 0.3 is 0 Å². The molecule has 0 bridgehead atoms. The van der Waals surface area contributed by atoms with Gasteiger partial charge in [0.1, 0.15) is 24.2 Å². The highest BCUT2D eigenvalue weighted by atomic mass is 19.1. The molecule has 12 heteroatoms. The van der Waals surface area contributed by atoms with Crippen molar-refractivity contribution in [2.45, 2.75) is 76.5 Å². The zero-order valence-electron chi connectivity index (χ0n) is 29.0. The van der Waals surface area contributed by atoms with Gasteiger partial charge in [-0.05, 0) is 59.9 Å². The van der Waals surface area contributed by atoms with E-state index in [4.69, 9.17) is 4.74 Å². The maximum atomic E-state index is 14.6. The Labute approximate surface area is 292 Å². The second-order valence-corrected chi connectivity index (χ2v) is 13.2. The van der Waals surface area contributed by atoms with Gasteiger partial charge in [0.05, 0.1) is 18.2 Å². The molecule has 11 nitrogen and oxygen atoms in total. The van der Waals surface area contributed by atoms with Crippen LogP contribution in [0.25, 0.3) is 10.8 Å². The van der Waals surface area contributed by atoms with Crippen LogP contribution >= 0.6 is 0 Å². The molecule has 1 fully saturated rings. The van der Waals surface area contributed by atoms with Crippen LogP contribution in [-0.2, 0) is 25.7 Å². The van der Waals surface area contributed by atoms with Crippen molar-refractivity contribution in [3.8, 4) is 5.75 Å². The van der Waals surface area contributed by atoms with E-state index < -0.39 is 29.7 Å². The topological polar surface area (TPSA) is 128 Å². The van der Waals surface area contributed by atoms with E-state index in [1.165, 1.54) is 36.0 Å². The Morgan fingerprint density at radius 3 is 2.52 bits per heavy atom. The van der Waals surface area contributed by atoms with Crippen molar-refractivity contribution in [1.29, 1.82) is 0 Å². The number of nitrogens with zero attached hydrogens (tertiary/aromatic N) is 3. The number of halogens is 1. The highest BCUT2D eigenvalue weighted by Gasteiger charge is 2.38. The van der Waals surface area contributed by atoms with Crippen LogP contribution in [0.3, 0.4) is 0 Å². The van der Waals surface area contributed by atoms with Crippen molar-refractivity contribution < 1.29 is 33.1 Å². The predicted molar refractivity (Wildman–Crippen MR) is 187 cm³/mol. The van der Waals surface area contributed by atoms with Crippen molar-refractivity contribution in [3.05, 3.63) is 77.6 Å². The lowest BCUT2D eigenvalue weighted by atomic mass is 10.0. The average Bonchev–Trinajstić information content (AvgIpc) is 3.51. The highest BCUT2D eigenvalue weighted by Crippen LogP contribution is 2.26. The number of nitrogens with one attached hydrogen (secondary N) is 2. The molecule has 0 radical (unpaired) electrons. The maximum absolute atomic E-state index is 14.6. The van der Waals surface area contributed by atoms with Gasteiger partial charge in [-0.15, -0.1) is 0 Å². The Hall–Kier alpha value is -5.00. The molecule has 0 aromatic heterocycles. The number of carbonyl (C=O) groups excluding carboxylic acids is 5. The van der Waals surface area contributed by atoms with Crippen molar-refractivity contribution in [3.63, 3.8) is 0 Å². The van der Waals surface area contributed by atoms with Gasteiger partial charge < -0.3 is 30.1 Å². The van der Waals surface area contributed by atoms with E-state index in [2.05, 4.69) is 17.6 Å². The predicted octanol–water partition coefficient (Wildman–Crippen LogP) is 4.03. The summed E-state index contributed by atoms with van der Waals surface area (Å²) in [5, 5.41) is 8.01. The number of fused-ring (bicyclic) bond motifs is 3. The second kappa shape index (κ2) is 16.6. The van der Waals surface area contributed by atoms with Gasteiger partial charge in [0.15, 0.2) is 0 Å². The van der Waals surface area contributed by atoms with Gasteiger partial charge in [0, 0.05) is 46.1 Å². The molecule has 0 unspecified atom stereocenters. The lowest BCUT2D eigenvalue weighted by molar-refractivity contribution is -0.140. The first kappa shape index (κ1) is 36.3. The molecule has 0 saturated carbocycles. The monoisotopic (exact) mass is 687 g/mol. The third kappa shape index (κ3) is 8.96. The summed E-state index contributed by atoms with van der Waals surface area (Å²) < 4.78 is 20.7. The second-order valence-electron chi connectivity index (χ2n) is 13.2. The Balaban J connectivity index is 1.37. The maximum Gasteiger partial charge on any atom is 0.258 e. The minimum absolute atomic E-state index is 0.0308. The Bertz CT molecular complexity index is 1730. The van der Waals surface area contributed by atoms with Crippen LogP contribution in [0.2, 0.25) is 0 Å². The molecule has 2 aliphatic rings. The average molecular weight is 688 g/mol. The highest BCUT2D eigenvalue weighted by molar-refractivity contribution is 5.99. The minimum atomic E-state index is -1.08. The van der Waals surface area contributed by atoms with E-state index >= 15 is 0 Å². The number of likely N-dealkylation sites (N-methyl/N-ethyl adjacent to an activating group) is 2. The van der Waals surface area contributed by atoms with Crippen LogP contribution in [0.5, 0.6) is 5.75 Å². The van der Waals surface area contributed by atoms with Crippen LogP contribution < -0.4 is 15.4 Å². The Morgan fingerprint density at radius 2 is 1.74 bits per heavy atom. The first-order valence-electron chi connectivity index (χ1n) is 17.3. The molecule has 1 saturated heterocycles. The number of carbonyl (C=O) groups is 5. The molecule has 5 rings (SSSR count). The van der Waals surface area contributed by atoms with E-state index in [-0.39, 0.29) is 74.2 Å². The summed E-state index contributed by atoms with van der Waals surface area (Å²) in [6.07, 6.45) is 3.37. The first-order valence-corrected chi connectivity index (χ1v) is 17.3. The summed E-state index contributed by atoms with van der Waals surface area (Å²) >= 11 is 0. The zero-order chi connectivity index (χ0) is 35.8. The van der Waals surface area contributed by atoms with Crippen LogP contribution in [0.1, 0.15) is 67.8 Å². The molecule has 0 aliphatic carbocycles. The number of amides is 5. The van der Waals surface area contributed by atoms with Gasteiger partial charge in [0.25, 0.3) is 5.91 Å². The SMILES string of the molecule is CCCCCC(=O)N[C@H]1C[C@H]2COc3ccc(F)cc3C(=O)N(C)[C@H](C(=O)NCc3ccc4ccccc4c3)CCC(=O)N(C)CC(=O)N2C1. The van der Waals surface area contributed by atoms with Crippen LogP contribution in [0, 0.1) is 5.82 Å². The molecular formula is C38H46FN5O6. The van der Waals surface area contributed by atoms with Crippen molar-refractivity contribution >= 4 is 40.3 Å². The summed E-state index contributed by atoms with van der Waals surface area (Å²) in [6, 6.07) is 15.4. The molecule has 266 valence electrons. The molecule has 3 aromatic rings. The van der Waals surface area contributed by atoms with Crippen LogP contribution in [0.15, 0.2) is 60.7 Å². The molecular weight excluding hydrogens is 641 g/mol. The molecule has 50 heavy (non-hydrogen) atoms. The molecule has 5 amide bonds. The summed E-state index contributed by atoms with van der Waals surface area (Å²) in [5.74, 6) is -2.47. The van der Waals surface area contributed by atoms with E-state index in [1.54, 1.807) is 4.90 Å². The van der Waals surface area contributed by atoms with Gasteiger partial charge in [-0.1, -0.05) is 56.2 Å². The van der Waals surface area contributed by atoms with Gasteiger partial charge in [-0.3, -0.25) is 24.0 Å². The van der Waals surface area contributed by atoms with Gasteiger partial charge in [-0.25, -0.2) is 4.39 Å². The van der Waals surface area contributed by atoms with E-state index in [0.29, 0.717) is 12.8 Å². The van der Waals surface area contributed by atoms with Gasteiger partial charge in [-0.2, -0.15) is 0 Å². The lowest BCUT2D eigenvalue weighted by Crippen LogP contribution is -2.48. The van der Waals surface area contributed by atoms with Crippen molar-refractivity contribution in [1.82, 2.24) is 25.3 Å². The van der Waals surface area contributed by atoms with Crippen LogP contribution in [-0.4, -0.2) is 96.2 Å². The number of hydrogen-bond acceptors (Lipinski definition) is 6. The number of unbranched alkanes of at least 4 members (excludes halogenated alkanes) is 2. The third-order valence-electron chi connectivity index (χ3n) is 9.51. The van der Waals surface area contributed by atoms with E-state index in [1.807, 2.05) is 42.5 Å². The number of hydrogen-bond donors (Lipinski definition) is 2. The molecule has 3 atom stereocenters. The first-order chi connectivity index (χ1) is 24.0. The zero-order valence-corrected chi connectivity index (χ0v) is 29.0. The summed E-state index contributed by atoms with van der Waals surface area (Å²) in [7, 11) is 2.97. The molecule has 0 spiro atoms. The van der Waals surface area contributed by atoms with E-state index in [9.17, 15) is 28.4 Å². The fraction of sp³-hybridized carbons (Fsp3) is 0.447. The Morgan fingerprint density at radius 1 is 0.960 bits per heavy atom. The molecule has 2 aliphatic heterocycles. The van der Waals surface area contributed by atoms with Crippen LogP contribution in [0.4, 0.5) is 4.39 Å². The minimum Gasteiger partial charge on any atom is -0.491 e. The van der Waals surface area contributed by atoms with E-state index in [0.717, 1.165) is 41.7 Å². The van der Waals surface area contributed by atoms with Gasteiger partial charge in [0.2, 0.25) is 23.6 Å². The molecule has 2 heterocycles. The molecule has 2 N–H and O–H groups in total. The summed E-state index contributed by atoms with van der Waals surface area (Å²) in [5.41, 5.74) is 0.770. The third-order valence-corrected chi connectivity index (χ3v) is 9.51.